The molecule has 3 rings (SSSR count). The fourth-order valence-corrected chi connectivity index (χ4v) is 3.07. The van der Waals surface area contributed by atoms with E-state index in [0.717, 1.165) is 23.3 Å². The van der Waals surface area contributed by atoms with Gasteiger partial charge >= 0.3 is 6.09 Å². The average molecular weight is 328 g/mol. The summed E-state index contributed by atoms with van der Waals surface area (Å²) in [6.07, 6.45) is 3.57. The molecule has 1 aromatic rings. The minimum absolute atomic E-state index is 0.0184. The molecule has 1 N–H and O–H groups in total. The van der Waals surface area contributed by atoms with Crippen molar-refractivity contribution >= 4 is 22.0 Å². The molecule has 0 spiro atoms. The summed E-state index contributed by atoms with van der Waals surface area (Å²) in [7, 11) is 0. The number of nitrogens with one attached hydrogen (secondary N) is 1. The maximum atomic E-state index is 12.3. The minimum Gasteiger partial charge on any atom is -0.444 e. The van der Waals surface area contributed by atoms with E-state index >= 15 is 0 Å². The van der Waals surface area contributed by atoms with Gasteiger partial charge in [-0.25, -0.2) is 9.78 Å². The van der Waals surface area contributed by atoms with E-state index in [1.165, 1.54) is 0 Å². The van der Waals surface area contributed by atoms with E-state index in [2.05, 4.69) is 25.9 Å². The lowest BCUT2D eigenvalue weighted by Gasteiger charge is -2.29. The number of H-pyrrole nitrogens is 1. The zero-order chi connectivity index (χ0) is 13.8. The highest BCUT2D eigenvalue weighted by Gasteiger charge is 2.56. The molecule has 6 heteroatoms. The van der Waals surface area contributed by atoms with Crippen LogP contribution in [0.1, 0.15) is 45.5 Å². The summed E-state index contributed by atoms with van der Waals surface area (Å²) in [5.41, 5.74) is -0.460. The lowest BCUT2D eigenvalue weighted by Crippen LogP contribution is -2.38. The number of halogens is 1. The van der Waals surface area contributed by atoms with Crippen LogP contribution < -0.4 is 0 Å². The number of piperidine rings is 1. The summed E-state index contributed by atoms with van der Waals surface area (Å²) in [6, 6.07) is 0.355. The van der Waals surface area contributed by atoms with Crippen LogP contribution in [0.3, 0.4) is 0 Å². The lowest BCUT2D eigenvalue weighted by atomic mass is 10.1. The molecule has 0 aromatic carbocycles. The maximum Gasteiger partial charge on any atom is 0.411 e. The molecule has 2 fully saturated rings. The number of amides is 1. The number of nitrogens with zero attached hydrogens (tertiary/aromatic N) is 2. The molecule has 0 unspecified atom stereocenters. The van der Waals surface area contributed by atoms with Crippen molar-refractivity contribution in [3.05, 3.63) is 16.6 Å². The van der Waals surface area contributed by atoms with Gasteiger partial charge in [0.05, 0.1) is 12.2 Å². The quantitative estimate of drug-likeness (QED) is 0.861. The third-order valence-corrected chi connectivity index (χ3v) is 3.99. The van der Waals surface area contributed by atoms with Gasteiger partial charge in [0.2, 0.25) is 0 Å². The van der Waals surface area contributed by atoms with Crippen molar-refractivity contribution < 1.29 is 9.53 Å². The van der Waals surface area contributed by atoms with Crippen LogP contribution in [-0.4, -0.2) is 32.6 Å². The Kier molecular flexibility index (Phi) is 2.89. The van der Waals surface area contributed by atoms with Gasteiger partial charge in [-0.2, -0.15) is 0 Å². The van der Waals surface area contributed by atoms with Crippen LogP contribution in [0.25, 0.3) is 0 Å². The van der Waals surface area contributed by atoms with E-state index in [4.69, 9.17) is 4.74 Å². The van der Waals surface area contributed by atoms with Crippen molar-refractivity contribution in [3.63, 3.8) is 0 Å². The summed E-state index contributed by atoms with van der Waals surface area (Å²) in [6.45, 7) is 5.68. The predicted molar refractivity (Wildman–Crippen MR) is 73.6 cm³/mol. The number of ether oxygens (including phenoxy) is 1. The lowest BCUT2D eigenvalue weighted by molar-refractivity contribution is 0.0175. The van der Waals surface area contributed by atoms with Gasteiger partial charge in [-0.1, -0.05) is 0 Å². The summed E-state index contributed by atoms with van der Waals surface area (Å²) >= 11 is 3.36. The second-order valence-electron chi connectivity index (χ2n) is 6.32. The highest BCUT2D eigenvalue weighted by atomic mass is 79.9. The molecule has 1 saturated heterocycles. The molecule has 2 aliphatic rings. The first-order valence-corrected chi connectivity index (χ1v) is 7.36. The zero-order valence-corrected chi connectivity index (χ0v) is 12.9. The van der Waals surface area contributed by atoms with Crippen LogP contribution in [0.4, 0.5) is 4.79 Å². The van der Waals surface area contributed by atoms with Gasteiger partial charge in [-0.05, 0) is 55.5 Å². The zero-order valence-electron chi connectivity index (χ0n) is 11.3. The third-order valence-electron chi connectivity index (χ3n) is 3.59. The first-order chi connectivity index (χ1) is 8.85. The van der Waals surface area contributed by atoms with Crippen LogP contribution in [0.5, 0.6) is 0 Å². The monoisotopic (exact) mass is 327 g/mol. The minimum atomic E-state index is -0.460. The Labute approximate surface area is 120 Å². The molecule has 0 bridgehead atoms. The molecule has 1 aromatic heterocycles. The largest absolute Gasteiger partial charge is 0.444 e. The van der Waals surface area contributed by atoms with E-state index in [1.807, 2.05) is 25.7 Å². The Morgan fingerprint density at radius 1 is 1.53 bits per heavy atom. The molecule has 1 aliphatic carbocycles. The Morgan fingerprint density at radius 2 is 2.26 bits per heavy atom. The Hall–Kier alpha value is -1.04. The topological polar surface area (TPSA) is 58.2 Å². The maximum absolute atomic E-state index is 12.3. The number of imidazole rings is 1. The number of aromatic amines is 1. The number of aromatic nitrogens is 2. The standard InChI is InChI=1S/C13H18BrN3O2/c1-13(2,3)19-12(18)17-8-4-7(8)5-9(17)11-15-6-10(14)16-11/h6-9H,4-5H2,1-3H3,(H,15,16)/t7-,8-,9-/m0/s1. The van der Waals surface area contributed by atoms with Gasteiger partial charge < -0.3 is 9.72 Å². The van der Waals surface area contributed by atoms with Gasteiger partial charge in [-0.3, -0.25) is 4.90 Å². The molecule has 1 amide bonds. The van der Waals surface area contributed by atoms with E-state index in [9.17, 15) is 4.79 Å². The van der Waals surface area contributed by atoms with Crippen LogP contribution in [0, 0.1) is 5.92 Å². The van der Waals surface area contributed by atoms with Crippen molar-refractivity contribution in [2.24, 2.45) is 5.92 Å². The number of carbonyl (C=O) groups is 1. The fourth-order valence-electron chi connectivity index (χ4n) is 2.76. The van der Waals surface area contributed by atoms with Gasteiger partial charge in [-0.15, -0.1) is 0 Å². The molecule has 2 heterocycles. The van der Waals surface area contributed by atoms with Crippen molar-refractivity contribution in [3.8, 4) is 0 Å². The SMILES string of the molecule is CC(C)(C)OC(=O)N1[C@H](c2ncc(Br)[nH]2)C[C@@H]2C[C@@H]21. The van der Waals surface area contributed by atoms with Crippen molar-refractivity contribution in [2.45, 2.75) is 51.3 Å². The summed E-state index contributed by atoms with van der Waals surface area (Å²) in [5.74, 6) is 1.45. The van der Waals surface area contributed by atoms with Crippen LogP contribution in [-0.2, 0) is 4.74 Å². The summed E-state index contributed by atoms with van der Waals surface area (Å²) in [4.78, 5) is 21.7. The first-order valence-electron chi connectivity index (χ1n) is 6.57. The number of hydrogen-bond acceptors (Lipinski definition) is 3. The summed E-state index contributed by atoms with van der Waals surface area (Å²) < 4.78 is 6.35. The van der Waals surface area contributed by atoms with Gasteiger partial charge in [0, 0.05) is 6.04 Å². The second-order valence-corrected chi connectivity index (χ2v) is 7.17. The normalized spacial score (nSPS) is 29.3. The van der Waals surface area contributed by atoms with E-state index in [0.29, 0.717) is 12.0 Å². The third kappa shape index (κ3) is 2.50. The number of carbonyl (C=O) groups excluding carboxylic acids is 1. The van der Waals surface area contributed by atoms with E-state index in [-0.39, 0.29) is 12.1 Å². The molecular formula is C13H18BrN3O2. The average Bonchev–Trinajstić information content (AvgIpc) is 2.73. The number of rotatable bonds is 1. The molecule has 5 nitrogen and oxygen atoms in total. The molecule has 19 heavy (non-hydrogen) atoms. The molecule has 3 atom stereocenters. The van der Waals surface area contributed by atoms with Crippen molar-refractivity contribution in [1.82, 2.24) is 14.9 Å². The Morgan fingerprint density at radius 3 is 2.84 bits per heavy atom. The fraction of sp³-hybridized carbons (Fsp3) is 0.692. The van der Waals surface area contributed by atoms with Crippen LogP contribution in [0.15, 0.2) is 10.8 Å². The van der Waals surface area contributed by atoms with Gasteiger partial charge in [0.25, 0.3) is 0 Å². The molecular weight excluding hydrogens is 310 g/mol. The predicted octanol–water partition coefficient (Wildman–Crippen LogP) is 3.24. The number of hydrogen-bond donors (Lipinski definition) is 1. The molecule has 1 aliphatic heterocycles. The smallest absolute Gasteiger partial charge is 0.411 e. The van der Waals surface area contributed by atoms with E-state index < -0.39 is 5.60 Å². The van der Waals surface area contributed by atoms with Gasteiger partial charge in [0.15, 0.2) is 0 Å². The van der Waals surface area contributed by atoms with Crippen molar-refractivity contribution in [1.29, 1.82) is 0 Å². The molecule has 1 saturated carbocycles. The second kappa shape index (κ2) is 4.23. The number of fused-ring (bicyclic) bond motifs is 1. The van der Waals surface area contributed by atoms with Crippen LogP contribution in [0.2, 0.25) is 0 Å². The molecule has 104 valence electrons. The highest BCUT2D eigenvalue weighted by molar-refractivity contribution is 9.10. The highest BCUT2D eigenvalue weighted by Crippen LogP contribution is 2.53. The number of likely N-dealkylation sites (tertiary alicyclic amines) is 1. The Bertz CT molecular complexity index is 508. The van der Waals surface area contributed by atoms with Gasteiger partial charge in [0.1, 0.15) is 16.0 Å². The Balaban J connectivity index is 1.80. The van der Waals surface area contributed by atoms with Crippen LogP contribution >= 0.6 is 15.9 Å². The molecule has 0 radical (unpaired) electrons. The van der Waals surface area contributed by atoms with E-state index in [1.54, 1.807) is 6.20 Å². The first kappa shape index (κ1) is 13.0. The summed E-state index contributed by atoms with van der Waals surface area (Å²) in [5, 5.41) is 0. The van der Waals surface area contributed by atoms with Crippen molar-refractivity contribution in [2.75, 3.05) is 0 Å².